The molecule has 0 heterocycles. The van der Waals surface area contributed by atoms with Gasteiger partial charge in [-0.2, -0.15) is 0 Å². The number of allylic oxidation sites excluding steroid dienone is 4. The first-order valence-electron chi connectivity index (χ1n) is 25.5. The molecule has 2 amide bonds. The second-order valence-electron chi connectivity index (χ2n) is 17.9. The number of hydrogen-bond donors (Lipinski definition) is 3. The highest BCUT2D eigenvalue weighted by Gasteiger charge is 2.33. The molecule has 9 heteroatoms. The Labute approximate surface area is 386 Å². The van der Waals surface area contributed by atoms with E-state index in [2.05, 4.69) is 48.8 Å². The number of ether oxygens (including phenoxy) is 2. The van der Waals surface area contributed by atoms with Crippen molar-refractivity contribution in [2.75, 3.05) is 19.6 Å². The maximum Gasteiger partial charge on any atom is 0.306 e. The number of hydrogen-bond acceptors (Lipinski definition) is 7. The van der Waals surface area contributed by atoms with E-state index in [0.29, 0.717) is 13.0 Å². The van der Waals surface area contributed by atoms with Gasteiger partial charge in [-0.25, -0.2) is 0 Å². The van der Waals surface area contributed by atoms with Crippen LogP contribution in [-0.2, 0) is 23.9 Å². The van der Waals surface area contributed by atoms with Gasteiger partial charge in [0, 0.05) is 44.5 Å². The molecule has 1 aromatic rings. The molecule has 1 unspecified atom stereocenters. The Morgan fingerprint density at radius 3 is 1.43 bits per heavy atom. The summed E-state index contributed by atoms with van der Waals surface area (Å²) in [5.74, 6) is -1.08. The van der Waals surface area contributed by atoms with Crippen LogP contribution in [0.5, 0.6) is 0 Å². The van der Waals surface area contributed by atoms with Gasteiger partial charge in [0.2, 0.25) is 0 Å². The minimum atomic E-state index is -1.03. The summed E-state index contributed by atoms with van der Waals surface area (Å²) in [6.45, 7) is 13.2. The Balaban J connectivity index is 0.00000273. The van der Waals surface area contributed by atoms with Gasteiger partial charge in [0.25, 0.3) is 11.8 Å². The quantitative estimate of drug-likeness (QED) is 0.0340. The van der Waals surface area contributed by atoms with E-state index >= 15 is 0 Å². The van der Waals surface area contributed by atoms with Crippen molar-refractivity contribution < 1.29 is 28.7 Å². The number of unbranched alkanes of at least 4 members (excludes halogenated alkanes) is 22. The third-order valence-corrected chi connectivity index (χ3v) is 11.0. The number of aryl methyl sites for hydroxylation is 1. The van der Waals surface area contributed by atoms with E-state index in [4.69, 9.17) is 15.2 Å². The molecule has 0 aliphatic rings. The molecular weight excluding hydrogens is 787 g/mol. The van der Waals surface area contributed by atoms with Crippen molar-refractivity contribution in [3.05, 3.63) is 59.7 Å². The van der Waals surface area contributed by atoms with Gasteiger partial charge < -0.3 is 25.8 Å². The fourth-order valence-electron chi connectivity index (χ4n) is 7.21. The third-order valence-electron chi connectivity index (χ3n) is 11.0. The van der Waals surface area contributed by atoms with Crippen LogP contribution in [0.2, 0.25) is 0 Å². The summed E-state index contributed by atoms with van der Waals surface area (Å²) < 4.78 is 11.4. The predicted molar refractivity (Wildman–Crippen MR) is 265 cm³/mol. The molecule has 63 heavy (non-hydrogen) atoms. The number of esters is 2. The Kier molecular flexibility index (Phi) is 40.2. The molecular formula is C54H95N3O6. The summed E-state index contributed by atoms with van der Waals surface area (Å²) in [4.78, 5) is 49.4. The monoisotopic (exact) mass is 882 g/mol. The van der Waals surface area contributed by atoms with E-state index in [1.807, 2.05) is 38.1 Å². The highest BCUT2D eigenvalue weighted by molar-refractivity contribution is 5.94. The van der Waals surface area contributed by atoms with Crippen molar-refractivity contribution in [1.82, 2.24) is 10.6 Å². The summed E-state index contributed by atoms with van der Waals surface area (Å²) in [7, 11) is 0. The van der Waals surface area contributed by atoms with Crippen LogP contribution in [0.4, 0.5) is 0 Å². The van der Waals surface area contributed by atoms with Gasteiger partial charge in [-0.15, -0.1) is 0 Å². The molecule has 1 atom stereocenters. The first kappa shape index (κ1) is 59.5. The first-order chi connectivity index (χ1) is 30.5. The maximum absolute atomic E-state index is 12.8. The number of carbonyl (C=O) groups excluding carboxylic acids is 4. The van der Waals surface area contributed by atoms with Gasteiger partial charge in [0.1, 0.15) is 5.60 Å². The second kappa shape index (κ2) is 42.5. The SMILES string of the molecule is CCCCCCCC/C=C\CCCCCCCC(=O)OC(CC(C)(C)OC(=O)CCCCCCC/C=C\CCCCCCCC)C(=O)NCCN.CCNC(=O)c1ccc(C)cc1. The lowest BCUT2D eigenvalue weighted by Gasteiger charge is -2.29. The predicted octanol–water partition coefficient (Wildman–Crippen LogP) is 13.5. The van der Waals surface area contributed by atoms with Crippen molar-refractivity contribution in [3.63, 3.8) is 0 Å². The molecule has 0 aliphatic carbocycles. The van der Waals surface area contributed by atoms with Crippen molar-refractivity contribution in [2.45, 2.75) is 239 Å². The summed E-state index contributed by atoms with van der Waals surface area (Å²) in [5, 5.41) is 5.47. The van der Waals surface area contributed by atoms with Crippen molar-refractivity contribution in [2.24, 2.45) is 5.73 Å². The van der Waals surface area contributed by atoms with Crippen LogP contribution < -0.4 is 16.4 Å². The number of carbonyl (C=O) groups is 4. The highest BCUT2D eigenvalue weighted by atomic mass is 16.6. The minimum Gasteiger partial charge on any atom is -0.459 e. The van der Waals surface area contributed by atoms with Crippen molar-refractivity contribution in [3.8, 4) is 0 Å². The Hall–Kier alpha value is -3.46. The Bertz CT molecular complexity index is 1330. The number of benzene rings is 1. The molecule has 4 N–H and O–H groups in total. The number of amides is 2. The second-order valence-corrected chi connectivity index (χ2v) is 17.9. The van der Waals surface area contributed by atoms with Crippen LogP contribution in [-0.4, -0.2) is 55.1 Å². The van der Waals surface area contributed by atoms with E-state index in [9.17, 15) is 19.2 Å². The summed E-state index contributed by atoms with van der Waals surface area (Å²) in [6.07, 6.45) is 40.1. The normalized spacial score (nSPS) is 11.9. The van der Waals surface area contributed by atoms with E-state index in [-0.39, 0.29) is 37.8 Å². The van der Waals surface area contributed by atoms with Crippen LogP contribution in [0.25, 0.3) is 0 Å². The van der Waals surface area contributed by atoms with E-state index in [1.54, 1.807) is 13.8 Å². The lowest BCUT2D eigenvalue weighted by Crippen LogP contribution is -2.44. The average Bonchev–Trinajstić information content (AvgIpc) is 3.25. The van der Waals surface area contributed by atoms with Gasteiger partial charge >= 0.3 is 11.9 Å². The smallest absolute Gasteiger partial charge is 0.306 e. The number of nitrogens with one attached hydrogen (secondary N) is 2. The van der Waals surface area contributed by atoms with Crippen LogP contribution in [0.1, 0.15) is 237 Å². The van der Waals surface area contributed by atoms with Gasteiger partial charge in [0.05, 0.1) is 0 Å². The molecule has 1 rings (SSSR count). The van der Waals surface area contributed by atoms with Gasteiger partial charge in [0.15, 0.2) is 6.10 Å². The third kappa shape index (κ3) is 38.7. The Morgan fingerprint density at radius 2 is 1.00 bits per heavy atom. The molecule has 0 saturated carbocycles. The largest absolute Gasteiger partial charge is 0.459 e. The zero-order valence-corrected chi connectivity index (χ0v) is 41.4. The molecule has 0 spiro atoms. The molecule has 9 nitrogen and oxygen atoms in total. The fourth-order valence-corrected chi connectivity index (χ4v) is 7.21. The van der Waals surface area contributed by atoms with E-state index in [1.165, 1.54) is 115 Å². The molecule has 0 aromatic heterocycles. The topological polar surface area (TPSA) is 137 Å². The first-order valence-corrected chi connectivity index (χ1v) is 25.5. The van der Waals surface area contributed by atoms with Crippen LogP contribution >= 0.6 is 0 Å². The van der Waals surface area contributed by atoms with Crippen molar-refractivity contribution >= 4 is 23.8 Å². The highest BCUT2D eigenvalue weighted by Crippen LogP contribution is 2.22. The van der Waals surface area contributed by atoms with E-state index in [0.717, 1.165) is 63.4 Å². The lowest BCUT2D eigenvalue weighted by molar-refractivity contribution is -0.167. The van der Waals surface area contributed by atoms with E-state index < -0.39 is 23.6 Å². The molecule has 362 valence electrons. The zero-order chi connectivity index (χ0) is 46.7. The molecule has 1 aromatic carbocycles. The standard InChI is InChI=1S/C44H82N2O5.C10H13NO/c1-5-7-9-11-13-15-17-19-21-23-25-27-29-31-33-35-41(47)50-40(43(49)46-38-37-45)39-44(3,4)51-42(48)36-34-32-30-28-26-24-22-20-18-16-14-12-10-8-6-2;1-3-11-10(12)9-6-4-8(2)5-7-9/h19-22,40H,5-18,23-39,45H2,1-4H3,(H,46,49);4-7H,3H2,1-2H3,(H,11,12)/b21-19-,22-20-;. The summed E-state index contributed by atoms with van der Waals surface area (Å²) in [6, 6.07) is 7.54. The minimum absolute atomic E-state index is 0.00231. The fraction of sp³-hybridized carbons (Fsp3) is 0.741. The molecule has 0 radical (unpaired) electrons. The molecule has 0 saturated heterocycles. The maximum atomic E-state index is 12.8. The van der Waals surface area contributed by atoms with Crippen molar-refractivity contribution in [1.29, 1.82) is 0 Å². The molecule has 0 bridgehead atoms. The lowest BCUT2D eigenvalue weighted by atomic mass is 9.99. The molecule has 0 aliphatic heterocycles. The van der Waals surface area contributed by atoms with Gasteiger partial charge in [-0.1, -0.05) is 159 Å². The Morgan fingerprint density at radius 1 is 0.587 bits per heavy atom. The zero-order valence-electron chi connectivity index (χ0n) is 41.4. The average molecular weight is 882 g/mol. The number of nitrogens with two attached hydrogens (primary N) is 1. The van der Waals surface area contributed by atoms with Crippen LogP contribution in [0, 0.1) is 6.92 Å². The van der Waals surface area contributed by atoms with Gasteiger partial charge in [-0.3, -0.25) is 19.2 Å². The summed E-state index contributed by atoms with van der Waals surface area (Å²) in [5.41, 5.74) is 6.52. The van der Waals surface area contributed by atoms with Gasteiger partial charge in [-0.05, 0) is 104 Å². The summed E-state index contributed by atoms with van der Waals surface area (Å²) >= 11 is 0. The number of rotatable bonds is 39. The molecule has 0 fully saturated rings. The van der Waals surface area contributed by atoms with Crippen LogP contribution in [0.15, 0.2) is 48.6 Å². The van der Waals surface area contributed by atoms with Crippen LogP contribution in [0.3, 0.4) is 0 Å².